The SMILES string of the molecule is Cc1cc(SCC(=O)NCCC(=O)O)c(C)cc1Br. The predicted molar refractivity (Wildman–Crippen MR) is 79.6 cm³/mol. The molecule has 0 aliphatic heterocycles. The molecule has 0 radical (unpaired) electrons. The normalized spacial score (nSPS) is 10.3. The zero-order valence-electron chi connectivity index (χ0n) is 10.8. The van der Waals surface area contributed by atoms with Gasteiger partial charge in [-0.15, -0.1) is 11.8 Å². The van der Waals surface area contributed by atoms with E-state index in [9.17, 15) is 9.59 Å². The molecule has 2 N–H and O–H groups in total. The third kappa shape index (κ3) is 5.65. The Balaban J connectivity index is 2.46. The number of carboxylic acids is 1. The monoisotopic (exact) mass is 345 g/mol. The first kappa shape index (κ1) is 16.0. The average Bonchev–Trinajstić information content (AvgIpc) is 2.31. The van der Waals surface area contributed by atoms with Crippen LogP contribution >= 0.6 is 27.7 Å². The van der Waals surface area contributed by atoms with Crippen LogP contribution in [0.4, 0.5) is 0 Å². The zero-order chi connectivity index (χ0) is 14.4. The third-order valence-corrected chi connectivity index (χ3v) is 4.49. The molecular formula is C13H16BrNO3S. The van der Waals surface area contributed by atoms with E-state index >= 15 is 0 Å². The molecule has 0 saturated carbocycles. The predicted octanol–water partition coefficient (Wildman–Crippen LogP) is 2.75. The van der Waals surface area contributed by atoms with Crippen molar-refractivity contribution in [1.82, 2.24) is 5.32 Å². The Morgan fingerprint density at radius 3 is 2.63 bits per heavy atom. The molecule has 1 rings (SSSR count). The van der Waals surface area contributed by atoms with Gasteiger partial charge in [-0.3, -0.25) is 9.59 Å². The van der Waals surface area contributed by atoms with Crippen LogP contribution in [0.3, 0.4) is 0 Å². The number of thioether (sulfide) groups is 1. The number of carbonyl (C=O) groups excluding carboxylic acids is 1. The van der Waals surface area contributed by atoms with E-state index < -0.39 is 5.97 Å². The molecule has 0 heterocycles. The summed E-state index contributed by atoms with van der Waals surface area (Å²) in [6, 6.07) is 4.06. The van der Waals surface area contributed by atoms with Crippen LogP contribution in [0.25, 0.3) is 0 Å². The summed E-state index contributed by atoms with van der Waals surface area (Å²) in [4.78, 5) is 22.9. The van der Waals surface area contributed by atoms with Crippen molar-refractivity contribution in [3.63, 3.8) is 0 Å². The number of carbonyl (C=O) groups is 2. The molecule has 1 aromatic carbocycles. The van der Waals surface area contributed by atoms with E-state index in [4.69, 9.17) is 5.11 Å². The van der Waals surface area contributed by atoms with Gasteiger partial charge in [0.05, 0.1) is 12.2 Å². The maximum absolute atomic E-state index is 11.5. The number of halogens is 1. The van der Waals surface area contributed by atoms with Crippen LogP contribution in [0.2, 0.25) is 0 Å². The van der Waals surface area contributed by atoms with Crippen LogP contribution in [0, 0.1) is 13.8 Å². The number of carboxylic acid groups (broad SMARTS) is 1. The van der Waals surface area contributed by atoms with Gasteiger partial charge in [-0.2, -0.15) is 0 Å². The Labute approximate surface area is 125 Å². The summed E-state index contributed by atoms with van der Waals surface area (Å²) in [6.07, 6.45) is -0.0488. The maximum Gasteiger partial charge on any atom is 0.305 e. The fraction of sp³-hybridized carbons (Fsp3) is 0.385. The van der Waals surface area contributed by atoms with E-state index in [0.29, 0.717) is 5.75 Å². The van der Waals surface area contributed by atoms with Gasteiger partial charge in [-0.25, -0.2) is 0 Å². The molecule has 0 aliphatic rings. The van der Waals surface area contributed by atoms with Crippen molar-refractivity contribution in [3.8, 4) is 0 Å². The second kappa shape index (κ2) is 7.55. The second-order valence-electron chi connectivity index (χ2n) is 4.15. The molecule has 104 valence electrons. The highest BCUT2D eigenvalue weighted by molar-refractivity contribution is 9.10. The molecule has 6 heteroatoms. The molecule has 0 bridgehead atoms. The first-order valence-electron chi connectivity index (χ1n) is 5.78. The second-order valence-corrected chi connectivity index (χ2v) is 6.02. The van der Waals surface area contributed by atoms with Crippen LogP contribution in [-0.2, 0) is 9.59 Å². The average molecular weight is 346 g/mol. The van der Waals surface area contributed by atoms with Crippen LogP contribution in [0.15, 0.2) is 21.5 Å². The summed E-state index contributed by atoms with van der Waals surface area (Å²) in [5.41, 5.74) is 2.24. The van der Waals surface area contributed by atoms with E-state index in [-0.39, 0.29) is 18.9 Å². The Morgan fingerprint density at radius 1 is 1.32 bits per heavy atom. The summed E-state index contributed by atoms with van der Waals surface area (Å²) in [5.74, 6) is -0.764. The van der Waals surface area contributed by atoms with Crippen molar-refractivity contribution in [2.75, 3.05) is 12.3 Å². The molecular weight excluding hydrogens is 330 g/mol. The number of aliphatic carboxylic acids is 1. The highest BCUT2D eigenvalue weighted by Gasteiger charge is 2.07. The van der Waals surface area contributed by atoms with Gasteiger partial charge in [0.25, 0.3) is 0 Å². The quantitative estimate of drug-likeness (QED) is 0.778. The summed E-state index contributed by atoms with van der Waals surface area (Å²) in [7, 11) is 0. The molecule has 19 heavy (non-hydrogen) atoms. The van der Waals surface area contributed by atoms with E-state index in [1.807, 2.05) is 26.0 Å². The van der Waals surface area contributed by atoms with Crippen LogP contribution in [-0.4, -0.2) is 29.3 Å². The fourth-order valence-electron chi connectivity index (χ4n) is 1.41. The number of nitrogens with one attached hydrogen (secondary N) is 1. The molecule has 0 saturated heterocycles. The number of amides is 1. The van der Waals surface area contributed by atoms with E-state index in [2.05, 4.69) is 21.2 Å². The molecule has 0 unspecified atom stereocenters. The van der Waals surface area contributed by atoms with Gasteiger partial charge in [-0.05, 0) is 37.1 Å². The lowest BCUT2D eigenvalue weighted by Gasteiger charge is -2.08. The van der Waals surface area contributed by atoms with Crippen LogP contribution in [0.5, 0.6) is 0 Å². The van der Waals surface area contributed by atoms with Gasteiger partial charge in [0.2, 0.25) is 5.91 Å². The Morgan fingerprint density at radius 2 is 2.00 bits per heavy atom. The topological polar surface area (TPSA) is 66.4 Å². The van der Waals surface area contributed by atoms with E-state index in [1.165, 1.54) is 11.8 Å². The van der Waals surface area contributed by atoms with Gasteiger partial charge in [0.1, 0.15) is 0 Å². The summed E-state index contributed by atoms with van der Waals surface area (Å²) in [5, 5.41) is 11.0. The van der Waals surface area contributed by atoms with Crippen molar-refractivity contribution in [2.24, 2.45) is 0 Å². The van der Waals surface area contributed by atoms with Gasteiger partial charge < -0.3 is 10.4 Å². The van der Waals surface area contributed by atoms with E-state index in [1.54, 1.807) is 0 Å². The smallest absolute Gasteiger partial charge is 0.305 e. The fourth-order valence-corrected chi connectivity index (χ4v) is 2.81. The molecule has 0 atom stereocenters. The zero-order valence-corrected chi connectivity index (χ0v) is 13.2. The van der Waals surface area contributed by atoms with Crippen molar-refractivity contribution >= 4 is 39.6 Å². The molecule has 0 fully saturated rings. The highest BCUT2D eigenvalue weighted by Crippen LogP contribution is 2.28. The minimum absolute atomic E-state index is 0.0488. The number of hydrogen-bond acceptors (Lipinski definition) is 3. The van der Waals surface area contributed by atoms with Crippen LogP contribution in [0.1, 0.15) is 17.5 Å². The lowest BCUT2D eigenvalue weighted by molar-refractivity contribution is -0.136. The van der Waals surface area contributed by atoms with Crippen molar-refractivity contribution in [1.29, 1.82) is 0 Å². The first-order valence-corrected chi connectivity index (χ1v) is 7.56. The molecule has 4 nitrogen and oxygen atoms in total. The summed E-state index contributed by atoms with van der Waals surface area (Å²) < 4.78 is 1.06. The number of aryl methyl sites for hydroxylation is 2. The standard InChI is InChI=1S/C13H16BrNO3S/c1-8-6-11(9(2)5-10(8)14)19-7-12(16)15-4-3-13(17)18/h5-6H,3-4,7H2,1-2H3,(H,15,16)(H,17,18). The van der Waals surface area contributed by atoms with Crippen molar-refractivity contribution < 1.29 is 14.7 Å². The molecule has 1 amide bonds. The number of hydrogen-bond donors (Lipinski definition) is 2. The minimum atomic E-state index is -0.910. The molecule has 0 spiro atoms. The highest BCUT2D eigenvalue weighted by atomic mass is 79.9. The van der Waals surface area contributed by atoms with E-state index in [0.717, 1.165) is 20.5 Å². The van der Waals surface area contributed by atoms with Gasteiger partial charge in [-0.1, -0.05) is 15.9 Å². The largest absolute Gasteiger partial charge is 0.481 e. The van der Waals surface area contributed by atoms with Gasteiger partial charge >= 0.3 is 5.97 Å². The summed E-state index contributed by atoms with van der Waals surface area (Å²) in [6.45, 7) is 4.17. The lowest BCUT2D eigenvalue weighted by atomic mass is 10.2. The molecule has 1 aromatic rings. The summed E-state index contributed by atoms with van der Waals surface area (Å²) >= 11 is 4.92. The maximum atomic E-state index is 11.5. The molecule has 0 aromatic heterocycles. The Kier molecular flexibility index (Phi) is 6.37. The number of rotatable bonds is 6. The van der Waals surface area contributed by atoms with Crippen molar-refractivity contribution in [3.05, 3.63) is 27.7 Å². The number of benzene rings is 1. The Hall–Kier alpha value is -1.01. The van der Waals surface area contributed by atoms with Gasteiger partial charge in [0.15, 0.2) is 0 Å². The Bertz CT molecular complexity index is 491. The molecule has 0 aliphatic carbocycles. The van der Waals surface area contributed by atoms with Crippen LogP contribution < -0.4 is 5.32 Å². The lowest BCUT2D eigenvalue weighted by Crippen LogP contribution is -2.27. The van der Waals surface area contributed by atoms with Gasteiger partial charge in [0, 0.05) is 15.9 Å². The third-order valence-electron chi connectivity index (χ3n) is 2.48. The van der Waals surface area contributed by atoms with Crippen molar-refractivity contribution in [2.45, 2.75) is 25.2 Å². The minimum Gasteiger partial charge on any atom is -0.481 e. The first-order chi connectivity index (χ1) is 8.90.